The van der Waals surface area contributed by atoms with Crippen molar-refractivity contribution in [1.29, 1.82) is 0 Å². The molecule has 2 rings (SSSR count). The van der Waals surface area contributed by atoms with E-state index >= 15 is 0 Å². The van der Waals surface area contributed by atoms with Crippen LogP contribution < -0.4 is 4.87 Å². The zero-order chi connectivity index (χ0) is 7.68. The summed E-state index contributed by atoms with van der Waals surface area (Å²) < 4.78 is 0. The van der Waals surface area contributed by atoms with Gasteiger partial charge in [-0.3, -0.25) is 4.79 Å². The fourth-order valence-electron chi connectivity index (χ4n) is 0.739. The first kappa shape index (κ1) is 6.75. The van der Waals surface area contributed by atoms with E-state index in [9.17, 15) is 4.79 Å². The Morgan fingerprint density at radius 3 is 3.00 bits per heavy atom. The lowest BCUT2D eigenvalue weighted by molar-refractivity contribution is 1.06. The van der Waals surface area contributed by atoms with Gasteiger partial charge in [-0.1, -0.05) is 11.3 Å². The summed E-state index contributed by atoms with van der Waals surface area (Å²) >= 11 is 2.72. The van der Waals surface area contributed by atoms with Gasteiger partial charge in [0.05, 0.1) is 0 Å². The predicted molar refractivity (Wildman–Crippen MR) is 46.0 cm³/mol. The fourth-order valence-corrected chi connectivity index (χ4v) is 2.06. The van der Waals surface area contributed by atoms with Crippen LogP contribution in [-0.2, 0) is 0 Å². The summed E-state index contributed by atoms with van der Waals surface area (Å²) in [6, 6.07) is 1.94. The lowest BCUT2D eigenvalue weighted by atomic mass is 10.4. The summed E-state index contributed by atoms with van der Waals surface area (Å²) in [6.07, 6.45) is 0. The van der Waals surface area contributed by atoms with Crippen molar-refractivity contribution in [2.24, 2.45) is 0 Å². The van der Waals surface area contributed by atoms with Crippen molar-refractivity contribution in [3.8, 4) is 10.6 Å². The highest BCUT2D eigenvalue weighted by molar-refractivity contribution is 7.13. The Morgan fingerprint density at radius 2 is 2.45 bits per heavy atom. The molecule has 3 nitrogen and oxygen atoms in total. The van der Waals surface area contributed by atoms with Crippen LogP contribution in [0.25, 0.3) is 10.6 Å². The minimum Gasteiger partial charge on any atom is -0.255 e. The molecule has 56 valence electrons. The van der Waals surface area contributed by atoms with E-state index in [-0.39, 0.29) is 4.87 Å². The van der Waals surface area contributed by atoms with Crippen molar-refractivity contribution in [3.63, 3.8) is 0 Å². The predicted octanol–water partition coefficient (Wildman–Crippen LogP) is 1.56. The Kier molecular flexibility index (Phi) is 1.59. The smallest absolute Gasteiger partial charge is 0.255 e. The van der Waals surface area contributed by atoms with Crippen LogP contribution in [0.1, 0.15) is 0 Å². The van der Waals surface area contributed by atoms with E-state index in [1.165, 1.54) is 0 Å². The number of aromatic amines is 1. The molecule has 0 aliphatic rings. The zero-order valence-electron chi connectivity index (χ0n) is 5.40. The van der Waals surface area contributed by atoms with Crippen molar-refractivity contribution in [2.45, 2.75) is 0 Å². The molecule has 0 radical (unpaired) electrons. The van der Waals surface area contributed by atoms with E-state index in [0.717, 1.165) is 21.9 Å². The lowest BCUT2D eigenvalue weighted by Crippen LogP contribution is -1.90. The monoisotopic (exact) mass is 184 g/mol. The van der Waals surface area contributed by atoms with E-state index in [0.29, 0.717) is 0 Å². The number of thiophene rings is 1. The average Bonchev–Trinajstić information content (AvgIpc) is 2.55. The number of hydrogen-bond donors (Lipinski definition) is 1. The highest BCUT2D eigenvalue weighted by atomic mass is 32.1. The molecule has 0 fully saturated rings. The molecule has 0 aromatic carbocycles. The maximum atomic E-state index is 10.7. The lowest BCUT2D eigenvalue weighted by Gasteiger charge is -1.81. The van der Waals surface area contributed by atoms with Crippen LogP contribution in [0.4, 0.5) is 0 Å². The molecule has 0 aliphatic carbocycles. The number of hydrogen-bond acceptors (Lipinski definition) is 4. The van der Waals surface area contributed by atoms with Crippen molar-refractivity contribution in [2.75, 3.05) is 0 Å². The zero-order valence-corrected chi connectivity index (χ0v) is 7.04. The third-order valence-electron chi connectivity index (χ3n) is 1.21. The summed E-state index contributed by atoms with van der Waals surface area (Å²) in [7, 11) is 0. The summed E-state index contributed by atoms with van der Waals surface area (Å²) in [4.78, 5) is 10.6. The molecule has 2 heterocycles. The van der Waals surface area contributed by atoms with E-state index in [1.54, 1.807) is 11.3 Å². The van der Waals surface area contributed by atoms with Gasteiger partial charge in [-0.2, -0.15) is 16.4 Å². The average molecular weight is 184 g/mol. The summed E-state index contributed by atoms with van der Waals surface area (Å²) in [5, 5.41) is 10.9. The number of H-pyrrole nitrogens is 1. The Hall–Kier alpha value is -0.940. The molecule has 0 unspecified atom stereocenters. The third-order valence-corrected chi connectivity index (χ3v) is 2.69. The van der Waals surface area contributed by atoms with Crippen LogP contribution in [0.3, 0.4) is 0 Å². The van der Waals surface area contributed by atoms with Crippen molar-refractivity contribution in [1.82, 2.24) is 10.2 Å². The standard InChI is InChI=1S/C6H4N2OS2/c9-6-8-7-5(11-6)4-1-2-10-3-4/h1-3H,(H,8,9). The van der Waals surface area contributed by atoms with Crippen molar-refractivity contribution < 1.29 is 0 Å². The molecule has 11 heavy (non-hydrogen) atoms. The summed E-state index contributed by atoms with van der Waals surface area (Å²) in [5.41, 5.74) is 1.01. The normalized spacial score (nSPS) is 10.2. The van der Waals surface area contributed by atoms with E-state index < -0.39 is 0 Å². The first-order valence-corrected chi connectivity index (χ1v) is 4.70. The number of aromatic nitrogens is 2. The molecule has 0 bridgehead atoms. The van der Waals surface area contributed by atoms with Gasteiger partial charge < -0.3 is 0 Å². The van der Waals surface area contributed by atoms with Gasteiger partial charge in [0, 0.05) is 10.9 Å². The van der Waals surface area contributed by atoms with Gasteiger partial charge in [0.25, 0.3) is 0 Å². The van der Waals surface area contributed by atoms with Gasteiger partial charge in [0.2, 0.25) is 0 Å². The molecule has 5 heteroatoms. The largest absolute Gasteiger partial charge is 0.322 e. The third kappa shape index (κ3) is 1.24. The Labute approximate surface area is 70.3 Å². The second-order valence-corrected chi connectivity index (χ2v) is 3.67. The van der Waals surface area contributed by atoms with Crippen LogP contribution in [0.2, 0.25) is 0 Å². The Balaban J connectivity index is 2.53. The minimum absolute atomic E-state index is 0.105. The van der Waals surface area contributed by atoms with E-state index in [2.05, 4.69) is 10.2 Å². The molecule has 0 spiro atoms. The van der Waals surface area contributed by atoms with E-state index in [1.807, 2.05) is 16.8 Å². The van der Waals surface area contributed by atoms with Gasteiger partial charge in [0.15, 0.2) is 0 Å². The molecular formula is C6H4N2OS2. The molecule has 0 atom stereocenters. The molecular weight excluding hydrogens is 180 g/mol. The first-order chi connectivity index (χ1) is 5.36. The van der Waals surface area contributed by atoms with Gasteiger partial charge in [-0.15, -0.1) is 0 Å². The highest BCUT2D eigenvalue weighted by Crippen LogP contribution is 2.20. The highest BCUT2D eigenvalue weighted by Gasteiger charge is 2.01. The van der Waals surface area contributed by atoms with Crippen LogP contribution in [0, 0.1) is 0 Å². The van der Waals surface area contributed by atoms with Gasteiger partial charge in [-0.05, 0) is 11.4 Å². The number of rotatable bonds is 1. The maximum Gasteiger partial charge on any atom is 0.322 e. The molecule has 2 aromatic rings. The molecule has 0 saturated carbocycles. The molecule has 1 N–H and O–H groups in total. The fraction of sp³-hybridized carbons (Fsp3) is 0. The van der Waals surface area contributed by atoms with Crippen molar-refractivity contribution in [3.05, 3.63) is 26.5 Å². The maximum absolute atomic E-state index is 10.7. The molecule has 0 amide bonds. The van der Waals surface area contributed by atoms with Crippen LogP contribution in [0.5, 0.6) is 0 Å². The van der Waals surface area contributed by atoms with Crippen LogP contribution in [0.15, 0.2) is 21.6 Å². The summed E-state index contributed by atoms with van der Waals surface area (Å²) in [5.74, 6) is 0. The number of nitrogens with zero attached hydrogens (tertiary/aromatic N) is 1. The Morgan fingerprint density at radius 1 is 1.55 bits per heavy atom. The molecule has 0 saturated heterocycles. The van der Waals surface area contributed by atoms with Gasteiger partial charge in [-0.25, -0.2) is 5.10 Å². The first-order valence-electron chi connectivity index (χ1n) is 2.94. The van der Waals surface area contributed by atoms with Gasteiger partial charge in [0.1, 0.15) is 5.01 Å². The van der Waals surface area contributed by atoms with Gasteiger partial charge >= 0.3 is 4.87 Å². The molecule has 2 aromatic heterocycles. The Bertz CT molecular complexity index is 387. The topological polar surface area (TPSA) is 45.8 Å². The molecule has 0 aliphatic heterocycles. The van der Waals surface area contributed by atoms with Crippen LogP contribution in [-0.4, -0.2) is 10.2 Å². The minimum atomic E-state index is -0.105. The van der Waals surface area contributed by atoms with Crippen molar-refractivity contribution >= 4 is 22.7 Å². The van der Waals surface area contributed by atoms with E-state index in [4.69, 9.17) is 0 Å². The SMILES string of the molecule is O=c1[nH]nc(-c2ccsc2)s1. The number of nitrogens with one attached hydrogen (secondary N) is 1. The second-order valence-electron chi connectivity index (χ2n) is 1.93. The second kappa shape index (κ2) is 2.60. The quantitative estimate of drug-likeness (QED) is 0.731. The summed E-state index contributed by atoms with van der Waals surface area (Å²) in [6.45, 7) is 0. The van der Waals surface area contributed by atoms with Crippen LogP contribution >= 0.6 is 22.7 Å².